The highest BCUT2D eigenvalue weighted by Crippen LogP contribution is 2.35. The molecule has 1 saturated carbocycles. The lowest BCUT2D eigenvalue weighted by molar-refractivity contribution is 0.0943. The van der Waals surface area contributed by atoms with Crippen molar-refractivity contribution in [3.63, 3.8) is 0 Å². The number of hydrogen-bond donors (Lipinski definition) is 2. The van der Waals surface area contributed by atoms with Crippen molar-refractivity contribution in [2.75, 3.05) is 13.7 Å². The third-order valence-electron chi connectivity index (χ3n) is 6.12. The van der Waals surface area contributed by atoms with Gasteiger partial charge in [0.2, 0.25) is 0 Å². The molecule has 0 spiro atoms. The largest absolute Gasteiger partial charge is 0.494 e. The minimum atomic E-state index is -0.422. The van der Waals surface area contributed by atoms with Crippen LogP contribution in [0.4, 0.5) is 4.39 Å². The van der Waals surface area contributed by atoms with E-state index in [2.05, 4.69) is 40.6 Å². The number of rotatable bonds is 6. The van der Waals surface area contributed by atoms with Gasteiger partial charge in [-0.2, -0.15) is 0 Å². The number of ether oxygens (including phenoxy) is 1. The highest BCUT2D eigenvalue weighted by molar-refractivity contribution is 6.00. The summed E-state index contributed by atoms with van der Waals surface area (Å²) in [4.78, 5) is 15.8. The summed E-state index contributed by atoms with van der Waals surface area (Å²) >= 11 is 0. The van der Waals surface area contributed by atoms with Crippen LogP contribution in [-0.4, -0.2) is 24.5 Å². The summed E-state index contributed by atoms with van der Waals surface area (Å²) in [6.45, 7) is 0.678. The molecule has 1 aliphatic rings. The fourth-order valence-corrected chi connectivity index (χ4v) is 4.38. The van der Waals surface area contributed by atoms with E-state index in [1.54, 1.807) is 24.5 Å². The van der Waals surface area contributed by atoms with Crippen LogP contribution in [0.15, 0.2) is 60.9 Å². The van der Waals surface area contributed by atoms with E-state index < -0.39 is 5.82 Å². The maximum atomic E-state index is 13.7. The minimum Gasteiger partial charge on any atom is -0.494 e. The highest BCUT2D eigenvalue weighted by atomic mass is 19.1. The Morgan fingerprint density at radius 1 is 1.10 bits per heavy atom. The number of benzene rings is 2. The summed E-state index contributed by atoms with van der Waals surface area (Å²) < 4.78 is 18.8. The number of aromatic nitrogens is 1. The van der Waals surface area contributed by atoms with Crippen molar-refractivity contribution in [1.82, 2.24) is 10.3 Å². The zero-order valence-electron chi connectivity index (χ0n) is 17.2. The first kappa shape index (κ1) is 20.2. The van der Waals surface area contributed by atoms with Gasteiger partial charge >= 0.3 is 0 Å². The molecule has 0 saturated heterocycles. The number of nitrogens with one attached hydrogen (secondary N) is 2. The molecule has 4 rings (SSSR count). The maximum Gasteiger partial charge on any atom is 0.253 e. The van der Waals surface area contributed by atoms with Crippen LogP contribution in [-0.2, 0) is 0 Å². The van der Waals surface area contributed by atoms with Gasteiger partial charge in [-0.05, 0) is 60.8 Å². The first-order chi connectivity index (χ1) is 14.7. The van der Waals surface area contributed by atoms with E-state index in [0.717, 1.165) is 36.8 Å². The molecule has 1 aliphatic carbocycles. The molecule has 30 heavy (non-hydrogen) atoms. The van der Waals surface area contributed by atoms with Crippen molar-refractivity contribution in [3.05, 3.63) is 77.9 Å². The van der Waals surface area contributed by atoms with Crippen LogP contribution in [0.3, 0.4) is 0 Å². The van der Waals surface area contributed by atoms with Crippen molar-refractivity contribution < 1.29 is 13.9 Å². The number of aromatic amines is 1. The van der Waals surface area contributed by atoms with Crippen LogP contribution in [0, 0.1) is 11.7 Å². The molecular weight excluding hydrogens is 379 g/mol. The summed E-state index contributed by atoms with van der Waals surface area (Å²) in [6.07, 6.45) is 8.01. The number of methoxy groups -OCH3 is 1. The van der Waals surface area contributed by atoms with Crippen molar-refractivity contribution in [2.45, 2.75) is 31.6 Å². The zero-order chi connectivity index (χ0) is 20.9. The summed E-state index contributed by atoms with van der Waals surface area (Å²) in [5.41, 5.74) is 3.45. The molecule has 5 heteroatoms. The number of carbonyl (C=O) groups is 1. The topological polar surface area (TPSA) is 54.1 Å². The standard InChI is InChI=1S/C25H27FN2O2/c1-30-24-13-20(11-12-23(24)26)21-15-27-16-22(21)25(29)28-14-17-7-9-19(10-8-17)18-5-3-2-4-6-18/h2-6,11-13,15-17,19,27H,7-10,14H2,1H3,(H,28,29). The Morgan fingerprint density at radius 3 is 2.60 bits per heavy atom. The lowest BCUT2D eigenvalue weighted by atomic mass is 9.78. The summed E-state index contributed by atoms with van der Waals surface area (Å²) in [7, 11) is 1.43. The summed E-state index contributed by atoms with van der Waals surface area (Å²) in [5, 5.41) is 3.10. The van der Waals surface area contributed by atoms with E-state index in [-0.39, 0.29) is 11.7 Å². The number of carbonyl (C=O) groups excluding carboxylic acids is 1. The van der Waals surface area contributed by atoms with Crippen LogP contribution >= 0.6 is 0 Å². The van der Waals surface area contributed by atoms with Crippen molar-refractivity contribution in [1.29, 1.82) is 0 Å². The molecule has 1 amide bonds. The van der Waals surface area contributed by atoms with Gasteiger partial charge in [0.05, 0.1) is 12.7 Å². The molecule has 1 aromatic heterocycles. The van der Waals surface area contributed by atoms with Crippen molar-refractivity contribution in [2.24, 2.45) is 5.92 Å². The molecule has 0 bridgehead atoms. The van der Waals surface area contributed by atoms with Gasteiger partial charge in [0.15, 0.2) is 11.6 Å². The van der Waals surface area contributed by atoms with Crippen LogP contribution in [0.2, 0.25) is 0 Å². The van der Waals surface area contributed by atoms with Crippen LogP contribution < -0.4 is 10.1 Å². The van der Waals surface area contributed by atoms with Crippen molar-refractivity contribution in [3.8, 4) is 16.9 Å². The number of halogens is 1. The SMILES string of the molecule is COc1cc(-c2c[nH]cc2C(=O)NCC2CCC(c3ccccc3)CC2)ccc1F. The normalized spacial score (nSPS) is 18.7. The number of hydrogen-bond acceptors (Lipinski definition) is 2. The Morgan fingerprint density at radius 2 is 1.87 bits per heavy atom. The highest BCUT2D eigenvalue weighted by Gasteiger charge is 2.23. The van der Waals surface area contributed by atoms with Gasteiger partial charge in [-0.3, -0.25) is 4.79 Å². The average Bonchev–Trinajstić information content (AvgIpc) is 3.29. The molecule has 1 heterocycles. The first-order valence-electron chi connectivity index (χ1n) is 10.5. The fraction of sp³-hybridized carbons (Fsp3) is 0.320. The van der Waals surface area contributed by atoms with E-state index in [1.165, 1.54) is 18.7 Å². The molecule has 0 unspecified atom stereocenters. The molecule has 0 radical (unpaired) electrons. The second-order valence-corrected chi connectivity index (χ2v) is 7.97. The maximum absolute atomic E-state index is 13.7. The molecule has 2 aromatic carbocycles. The predicted molar refractivity (Wildman–Crippen MR) is 116 cm³/mol. The molecule has 4 nitrogen and oxygen atoms in total. The van der Waals surface area contributed by atoms with E-state index in [0.29, 0.717) is 23.9 Å². The third-order valence-corrected chi connectivity index (χ3v) is 6.12. The fourth-order valence-electron chi connectivity index (χ4n) is 4.38. The van der Waals surface area contributed by atoms with Crippen molar-refractivity contribution >= 4 is 5.91 Å². The first-order valence-corrected chi connectivity index (χ1v) is 10.5. The van der Waals surface area contributed by atoms with Gasteiger partial charge in [-0.1, -0.05) is 36.4 Å². The van der Waals surface area contributed by atoms with Crippen LogP contribution in [0.5, 0.6) is 5.75 Å². The molecule has 0 atom stereocenters. The van der Waals surface area contributed by atoms with E-state index in [1.807, 2.05) is 0 Å². The average molecular weight is 407 g/mol. The van der Waals surface area contributed by atoms with E-state index >= 15 is 0 Å². The number of H-pyrrole nitrogens is 1. The van der Waals surface area contributed by atoms with Gasteiger partial charge in [0, 0.05) is 24.5 Å². The monoisotopic (exact) mass is 406 g/mol. The molecule has 2 N–H and O–H groups in total. The Kier molecular flexibility index (Phi) is 6.17. The molecule has 156 valence electrons. The van der Waals surface area contributed by atoms with Gasteiger partial charge in [-0.15, -0.1) is 0 Å². The van der Waals surface area contributed by atoms with Crippen LogP contribution in [0.1, 0.15) is 47.5 Å². The lowest BCUT2D eigenvalue weighted by Crippen LogP contribution is -2.31. The third kappa shape index (κ3) is 4.40. The second kappa shape index (κ2) is 9.16. The Balaban J connectivity index is 1.35. The number of amides is 1. The summed E-state index contributed by atoms with van der Waals surface area (Å²) in [5.74, 6) is 0.758. The molecule has 1 fully saturated rings. The van der Waals surface area contributed by atoms with Crippen LogP contribution in [0.25, 0.3) is 11.1 Å². The van der Waals surface area contributed by atoms with Gasteiger partial charge in [0.25, 0.3) is 5.91 Å². The minimum absolute atomic E-state index is 0.111. The Bertz CT molecular complexity index is 991. The Hall–Kier alpha value is -3.08. The van der Waals surface area contributed by atoms with Gasteiger partial charge in [-0.25, -0.2) is 4.39 Å². The predicted octanol–water partition coefficient (Wildman–Crippen LogP) is 5.53. The quantitative estimate of drug-likeness (QED) is 0.565. The van der Waals surface area contributed by atoms with Gasteiger partial charge in [0.1, 0.15) is 0 Å². The summed E-state index contributed by atoms with van der Waals surface area (Å²) in [6, 6.07) is 15.3. The lowest BCUT2D eigenvalue weighted by Gasteiger charge is -2.29. The molecule has 3 aromatic rings. The van der Waals surface area contributed by atoms with Gasteiger partial charge < -0.3 is 15.0 Å². The Labute approximate surface area is 176 Å². The van der Waals surface area contributed by atoms with E-state index in [4.69, 9.17) is 4.74 Å². The molecular formula is C25H27FN2O2. The second-order valence-electron chi connectivity index (χ2n) is 7.97. The smallest absolute Gasteiger partial charge is 0.253 e. The van der Waals surface area contributed by atoms with E-state index in [9.17, 15) is 9.18 Å². The zero-order valence-corrected chi connectivity index (χ0v) is 17.2. The molecule has 0 aliphatic heterocycles.